The molecule has 0 saturated heterocycles. The molecule has 0 aromatic carbocycles. The van der Waals surface area contributed by atoms with Crippen LogP contribution in [0.3, 0.4) is 0 Å². The first kappa shape index (κ1) is 24.0. The average molecular weight is 419 g/mol. The van der Waals surface area contributed by atoms with Crippen molar-refractivity contribution in [2.75, 3.05) is 0 Å². The number of allylic oxidation sites excluding steroid dienone is 4. The van der Waals surface area contributed by atoms with Crippen molar-refractivity contribution in [2.24, 2.45) is 29.6 Å². The predicted octanol–water partition coefficient (Wildman–Crippen LogP) is 3.83. The maximum Gasteiger partial charge on any atom is 0.302 e. The summed E-state index contributed by atoms with van der Waals surface area (Å²) in [5.74, 6) is -2.33. The standard InChI is InChI=1S/C24H34O6/c1-13(2)8-7-9-14(3)18-10-22(30-17(6)27)19(12-25)24(18)23-15(4)21(11-20(23)28)29-16(5)26/h8-9,12,15,18-19,21-24H,7,10-11H2,1-6H3. The van der Waals surface area contributed by atoms with Crippen LogP contribution >= 0.6 is 0 Å². The summed E-state index contributed by atoms with van der Waals surface area (Å²) in [6.45, 7) is 10.7. The summed E-state index contributed by atoms with van der Waals surface area (Å²) >= 11 is 0. The molecule has 0 aromatic rings. The minimum atomic E-state index is -0.557. The van der Waals surface area contributed by atoms with Crippen LogP contribution < -0.4 is 0 Å². The van der Waals surface area contributed by atoms with Crippen LogP contribution in [-0.2, 0) is 28.7 Å². The number of ether oxygens (including phenoxy) is 2. The molecule has 6 heteroatoms. The molecule has 166 valence electrons. The molecule has 2 fully saturated rings. The second-order valence-corrected chi connectivity index (χ2v) is 8.95. The van der Waals surface area contributed by atoms with Gasteiger partial charge in [0.05, 0.1) is 5.92 Å². The number of hydrogen-bond acceptors (Lipinski definition) is 6. The first-order valence-corrected chi connectivity index (χ1v) is 10.7. The van der Waals surface area contributed by atoms with Gasteiger partial charge in [0.1, 0.15) is 24.3 Å². The Kier molecular flexibility index (Phi) is 8.16. The zero-order chi connectivity index (χ0) is 22.6. The van der Waals surface area contributed by atoms with Crippen LogP contribution in [0.4, 0.5) is 0 Å². The molecule has 2 rings (SSSR count). The summed E-state index contributed by atoms with van der Waals surface area (Å²) in [7, 11) is 0. The van der Waals surface area contributed by atoms with E-state index < -0.39 is 36.0 Å². The highest BCUT2D eigenvalue weighted by Gasteiger charge is 2.55. The molecular formula is C24H34O6. The second-order valence-electron chi connectivity index (χ2n) is 8.95. The Morgan fingerprint density at radius 3 is 2.13 bits per heavy atom. The van der Waals surface area contributed by atoms with Crippen LogP contribution in [0.2, 0.25) is 0 Å². The number of carbonyl (C=O) groups is 4. The molecule has 0 bridgehead atoms. The van der Waals surface area contributed by atoms with E-state index in [0.717, 1.165) is 18.3 Å². The summed E-state index contributed by atoms with van der Waals surface area (Å²) < 4.78 is 10.9. The van der Waals surface area contributed by atoms with E-state index >= 15 is 0 Å². The molecule has 0 radical (unpaired) electrons. The Balaban J connectivity index is 2.39. The molecule has 7 atom stereocenters. The number of carbonyl (C=O) groups excluding carboxylic acids is 4. The predicted molar refractivity (Wildman–Crippen MR) is 112 cm³/mol. The van der Waals surface area contributed by atoms with Crippen molar-refractivity contribution in [3.63, 3.8) is 0 Å². The topological polar surface area (TPSA) is 86.7 Å². The fraction of sp³-hybridized carbons (Fsp3) is 0.667. The van der Waals surface area contributed by atoms with E-state index in [1.807, 2.05) is 27.7 Å². The van der Waals surface area contributed by atoms with Gasteiger partial charge in [-0.05, 0) is 45.4 Å². The second kappa shape index (κ2) is 10.2. The molecule has 0 spiro atoms. The van der Waals surface area contributed by atoms with Crippen LogP contribution in [0.15, 0.2) is 23.3 Å². The van der Waals surface area contributed by atoms with Gasteiger partial charge in [-0.15, -0.1) is 0 Å². The molecule has 0 heterocycles. The molecule has 6 nitrogen and oxygen atoms in total. The third-order valence-corrected chi connectivity index (χ3v) is 6.51. The number of Topliss-reactive ketones (excluding diaryl/α,β-unsaturated/α-hetero) is 1. The molecule has 0 N–H and O–H groups in total. The lowest BCUT2D eigenvalue weighted by Crippen LogP contribution is -2.36. The van der Waals surface area contributed by atoms with Crippen molar-refractivity contribution >= 4 is 24.0 Å². The van der Waals surface area contributed by atoms with Crippen LogP contribution in [-0.4, -0.2) is 36.2 Å². The fourth-order valence-electron chi connectivity index (χ4n) is 5.18. The Morgan fingerprint density at radius 1 is 1.00 bits per heavy atom. The molecule has 2 aliphatic carbocycles. The van der Waals surface area contributed by atoms with Gasteiger partial charge in [-0.25, -0.2) is 0 Å². The minimum absolute atomic E-state index is 0.0103. The third-order valence-electron chi connectivity index (χ3n) is 6.51. The first-order chi connectivity index (χ1) is 14.1. The summed E-state index contributed by atoms with van der Waals surface area (Å²) in [5, 5.41) is 0. The fourth-order valence-corrected chi connectivity index (χ4v) is 5.18. The summed E-state index contributed by atoms with van der Waals surface area (Å²) in [5.41, 5.74) is 2.31. The summed E-state index contributed by atoms with van der Waals surface area (Å²) in [6, 6.07) is 0. The lowest BCUT2D eigenvalue weighted by atomic mass is 9.72. The van der Waals surface area contributed by atoms with Gasteiger partial charge in [0.25, 0.3) is 0 Å². The van der Waals surface area contributed by atoms with E-state index in [4.69, 9.17) is 9.47 Å². The van der Waals surface area contributed by atoms with Crippen LogP contribution in [0.25, 0.3) is 0 Å². The monoisotopic (exact) mass is 418 g/mol. The summed E-state index contributed by atoms with van der Waals surface area (Å²) in [6.07, 6.45) is 5.50. The van der Waals surface area contributed by atoms with Crippen molar-refractivity contribution in [3.8, 4) is 0 Å². The van der Waals surface area contributed by atoms with Gasteiger partial charge in [0.2, 0.25) is 0 Å². The van der Waals surface area contributed by atoms with Crippen LogP contribution in [0.5, 0.6) is 0 Å². The van der Waals surface area contributed by atoms with Crippen LogP contribution in [0.1, 0.15) is 60.8 Å². The summed E-state index contributed by atoms with van der Waals surface area (Å²) in [4.78, 5) is 48.2. The van der Waals surface area contributed by atoms with Gasteiger partial charge in [-0.3, -0.25) is 14.4 Å². The van der Waals surface area contributed by atoms with Crippen LogP contribution in [0, 0.1) is 29.6 Å². The zero-order valence-corrected chi connectivity index (χ0v) is 18.8. The van der Waals surface area contributed by atoms with Crippen molar-refractivity contribution < 1.29 is 28.7 Å². The number of hydrogen-bond donors (Lipinski definition) is 0. The maximum atomic E-state index is 13.0. The Labute approximate surface area is 179 Å². The van der Waals surface area contributed by atoms with Crippen molar-refractivity contribution in [2.45, 2.75) is 73.0 Å². The molecule has 0 amide bonds. The minimum Gasteiger partial charge on any atom is -0.462 e. The molecule has 0 aromatic heterocycles. The molecule has 0 aliphatic heterocycles. The highest BCUT2D eigenvalue weighted by Crippen LogP contribution is 2.51. The zero-order valence-electron chi connectivity index (χ0n) is 18.8. The van der Waals surface area contributed by atoms with Gasteiger partial charge < -0.3 is 14.3 Å². The SMILES string of the molecule is CC(=O)OC1CC(=O)C(C2C(C(C)=CCC=C(C)C)CC(OC(C)=O)C2C=O)C1C. The van der Waals surface area contributed by atoms with Gasteiger partial charge in [0.15, 0.2) is 0 Å². The molecule has 2 saturated carbocycles. The highest BCUT2D eigenvalue weighted by atomic mass is 16.5. The maximum absolute atomic E-state index is 13.0. The van der Waals surface area contributed by atoms with E-state index in [9.17, 15) is 19.2 Å². The van der Waals surface area contributed by atoms with Gasteiger partial charge in [0, 0.05) is 32.1 Å². The Bertz CT molecular complexity index is 745. The lowest BCUT2D eigenvalue weighted by molar-refractivity contribution is -0.151. The largest absolute Gasteiger partial charge is 0.462 e. The Morgan fingerprint density at radius 2 is 1.60 bits per heavy atom. The first-order valence-electron chi connectivity index (χ1n) is 10.7. The molecule has 2 aliphatic rings. The van der Waals surface area contributed by atoms with E-state index in [0.29, 0.717) is 6.42 Å². The number of rotatable bonds is 7. The van der Waals surface area contributed by atoms with E-state index in [2.05, 4.69) is 12.2 Å². The molecule has 7 unspecified atom stereocenters. The van der Waals surface area contributed by atoms with Gasteiger partial charge in [-0.1, -0.05) is 30.2 Å². The molecular weight excluding hydrogens is 384 g/mol. The normalized spacial score (nSPS) is 33.9. The molecule has 30 heavy (non-hydrogen) atoms. The number of ketones is 1. The number of esters is 2. The highest BCUT2D eigenvalue weighted by molar-refractivity contribution is 5.86. The Hall–Kier alpha value is -2.24. The van der Waals surface area contributed by atoms with Crippen molar-refractivity contribution in [1.29, 1.82) is 0 Å². The van der Waals surface area contributed by atoms with Crippen molar-refractivity contribution in [3.05, 3.63) is 23.3 Å². The number of aldehydes is 1. The van der Waals surface area contributed by atoms with Gasteiger partial charge in [-0.2, -0.15) is 0 Å². The quantitative estimate of drug-likeness (QED) is 0.355. The smallest absolute Gasteiger partial charge is 0.302 e. The van der Waals surface area contributed by atoms with E-state index in [-0.39, 0.29) is 30.0 Å². The van der Waals surface area contributed by atoms with E-state index in [1.54, 1.807) is 0 Å². The average Bonchev–Trinajstić information content (AvgIpc) is 3.10. The lowest BCUT2D eigenvalue weighted by Gasteiger charge is -2.31. The van der Waals surface area contributed by atoms with Gasteiger partial charge >= 0.3 is 11.9 Å². The van der Waals surface area contributed by atoms with E-state index in [1.165, 1.54) is 19.4 Å². The van der Waals surface area contributed by atoms with Crippen molar-refractivity contribution in [1.82, 2.24) is 0 Å². The third kappa shape index (κ3) is 5.46.